The Balaban J connectivity index is 2.43. The van der Waals surface area contributed by atoms with E-state index in [-0.39, 0.29) is 36.6 Å². The number of ether oxygens (including phenoxy) is 5. The average Bonchev–Trinajstić information content (AvgIpc) is 2.84. The third-order valence-electron chi connectivity index (χ3n) is 7.15. The molecule has 0 saturated carbocycles. The fourth-order valence-corrected chi connectivity index (χ4v) is 4.82. The summed E-state index contributed by atoms with van der Waals surface area (Å²) in [7, 11) is 0. The number of nitrogens with one attached hydrogen (secondary N) is 1. The number of carbonyl (C=O) groups excluding carboxylic acids is 3. The minimum Gasteiger partial charge on any atom is -0.455 e. The van der Waals surface area contributed by atoms with Crippen molar-refractivity contribution in [2.45, 2.75) is 108 Å². The van der Waals surface area contributed by atoms with Gasteiger partial charge in [-0.15, -0.1) is 0 Å². The van der Waals surface area contributed by atoms with Gasteiger partial charge in [0.05, 0.1) is 18.6 Å². The first-order valence-corrected chi connectivity index (χ1v) is 13.8. The van der Waals surface area contributed by atoms with Gasteiger partial charge in [0.15, 0.2) is 18.2 Å². The molecule has 12 nitrogen and oxygen atoms in total. The molecular formula is C24H35Cl3N4O8. The Morgan fingerprint density at radius 3 is 2.13 bits per heavy atom. The van der Waals surface area contributed by atoms with Gasteiger partial charge in [-0.3, -0.25) is 15.0 Å². The molecule has 0 radical (unpaired) electrons. The Morgan fingerprint density at radius 1 is 0.974 bits per heavy atom. The number of azide groups is 1. The summed E-state index contributed by atoms with van der Waals surface area (Å²) < 4.78 is 27.1. The van der Waals surface area contributed by atoms with Crippen molar-refractivity contribution in [3.8, 4) is 0 Å². The number of hydrogen-bond donors (Lipinski definition) is 1. The number of esters is 1. The molecule has 0 aromatic heterocycles. The minimum absolute atomic E-state index is 0.0511. The molecule has 0 amide bonds. The number of Topliss-reactive ketones (excluding diaryl/α,β-unsaturated/α-hetero) is 2. The van der Waals surface area contributed by atoms with Gasteiger partial charge in [-0.1, -0.05) is 67.6 Å². The van der Waals surface area contributed by atoms with E-state index in [4.69, 9.17) is 63.9 Å². The Labute approximate surface area is 242 Å². The number of alkyl halides is 3. The van der Waals surface area contributed by atoms with E-state index in [2.05, 4.69) is 10.0 Å². The van der Waals surface area contributed by atoms with Gasteiger partial charge in [-0.05, 0) is 37.6 Å². The molecule has 39 heavy (non-hydrogen) atoms. The summed E-state index contributed by atoms with van der Waals surface area (Å²) in [6, 6.07) is -0.712. The summed E-state index contributed by atoms with van der Waals surface area (Å²) in [6.07, 6.45) is -5.88. The van der Waals surface area contributed by atoms with Crippen molar-refractivity contribution in [3.05, 3.63) is 10.4 Å². The van der Waals surface area contributed by atoms with Gasteiger partial charge in [-0.25, -0.2) is 0 Å². The van der Waals surface area contributed by atoms with Gasteiger partial charge in [-0.2, -0.15) is 0 Å². The molecule has 15 heteroatoms. The largest absolute Gasteiger partial charge is 0.455 e. The van der Waals surface area contributed by atoms with Crippen LogP contribution in [0.2, 0.25) is 0 Å². The Hall–Kier alpha value is -1.66. The number of nitrogens with zero attached hydrogens (tertiary/aromatic N) is 3. The normalized spacial score (nSPS) is 34.9. The Kier molecular flexibility index (Phi) is 12.3. The second-order valence-corrected chi connectivity index (χ2v) is 12.2. The van der Waals surface area contributed by atoms with E-state index in [1.165, 1.54) is 13.8 Å². The third-order valence-corrected chi connectivity index (χ3v) is 7.66. The number of ketones is 2. The topological polar surface area (TPSA) is 170 Å². The lowest BCUT2D eigenvalue weighted by Gasteiger charge is -2.48. The predicted molar refractivity (Wildman–Crippen MR) is 142 cm³/mol. The summed E-state index contributed by atoms with van der Waals surface area (Å²) in [6.45, 7) is 10.1. The van der Waals surface area contributed by atoms with Crippen LogP contribution in [0.25, 0.3) is 10.4 Å². The van der Waals surface area contributed by atoms with E-state index in [9.17, 15) is 19.9 Å². The van der Waals surface area contributed by atoms with Gasteiger partial charge < -0.3 is 28.5 Å². The molecule has 0 aromatic carbocycles. The van der Waals surface area contributed by atoms with Crippen LogP contribution in [-0.2, 0) is 38.1 Å². The average molecular weight is 614 g/mol. The molecule has 2 aliphatic rings. The molecular weight excluding hydrogens is 579 g/mol. The van der Waals surface area contributed by atoms with E-state index in [0.717, 1.165) is 0 Å². The second kappa shape index (κ2) is 14.3. The first-order chi connectivity index (χ1) is 18.1. The molecule has 2 aliphatic heterocycles. The standard InChI is InChI=1S/C24H35Cl3N4O8/c1-7-15-11(3)12(4)17(30-31-29)21(35-15)37-18-13(5)19(36-16(34)9-8-10(2)32)22(38-20(18)14(6)33)39-23(28)24(25,26)27/h11-13,15,17-22,28H,7-9H2,1-6H3/t11-,12+,13+,15+,17?,18-,19?,20+,21+,22+/m1/s1. The zero-order valence-corrected chi connectivity index (χ0v) is 24.9. The van der Waals surface area contributed by atoms with E-state index in [0.29, 0.717) is 6.42 Å². The van der Waals surface area contributed by atoms with Crippen LogP contribution in [0.5, 0.6) is 0 Å². The van der Waals surface area contributed by atoms with Crippen molar-refractivity contribution in [1.29, 1.82) is 5.41 Å². The zero-order valence-electron chi connectivity index (χ0n) is 22.6. The summed E-state index contributed by atoms with van der Waals surface area (Å²) in [5, 5.41) is 11.9. The van der Waals surface area contributed by atoms with Crippen LogP contribution in [0.1, 0.15) is 60.8 Å². The first kappa shape index (κ1) is 33.5. The molecule has 2 heterocycles. The maximum atomic E-state index is 12.7. The van der Waals surface area contributed by atoms with Crippen molar-refractivity contribution >= 4 is 58.2 Å². The second-order valence-electron chi connectivity index (χ2n) is 9.96. The van der Waals surface area contributed by atoms with Crippen molar-refractivity contribution in [2.75, 3.05) is 0 Å². The highest BCUT2D eigenvalue weighted by Gasteiger charge is 2.53. The van der Waals surface area contributed by atoms with Crippen LogP contribution in [0, 0.1) is 23.2 Å². The maximum absolute atomic E-state index is 12.7. The van der Waals surface area contributed by atoms with Crippen molar-refractivity contribution in [1.82, 2.24) is 0 Å². The van der Waals surface area contributed by atoms with E-state index in [1.807, 2.05) is 20.8 Å². The lowest BCUT2D eigenvalue weighted by molar-refractivity contribution is -0.311. The molecule has 0 bridgehead atoms. The van der Waals surface area contributed by atoms with Crippen LogP contribution < -0.4 is 0 Å². The molecule has 0 aromatic rings. The summed E-state index contributed by atoms with van der Waals surface area (Å²) in [5.41, 5.74) is 9.19. The number of carbonyl (C=O) groups is 3. The highest BCUT2D eigenvalue weighted by Crippen LogP contribution is 2.39. The molecule has 2 unspecified atom stereocenters. The fraction of sp³-hybridized carbons (Fsp3) is 0.833. The van der Waals surface area contributed by atoms with Crippen molar-refractivity contribution < 1.29 is 38.1 Å². The van der Waals surface area contributed by atoms with Gasteiger partial charge in [0, 0.05) is 17.3 Å². The number of hydrogen-bond acceptors (Lipinski definition) is 10. The highest BCUT2D eigenvalue weighted by molar-refractivity contribution is 6.76. The summed E-state index contributed by atoms with van der Waals surface area (Å²) >= 11 is 17.3. The Morgan fingerprint density at radius 2 is 1.62 bits per heavy atom. The third kappa shape index (κ3) is 8.66. The highest BCUT2D eigenvalue weighted by atomic mass is 35.6. The van der Waals surface area contributed by atoms with Gasteiger partial charge in [0.1, 0.15) is 18.0 Å². The van der Waals surface area contributed by atoms with Crippen LogP contribution in [-0.4, -0.2) is 70.3 Å². The summed E-state index contributed by atoms with van der Waals surface area (Å²) in [5.74, 6) is -3.05. The van der Waals surface area contributed by atoms with E-state index in [1.54, 1.807) is 6.92 Å². The van der Waals surface area contributed by atoms with Crippen molar-refractivity contribution in [3.63, 3.8) is 0 Å². The molecule has 1 N–H and O–H groups in total. The SMILES string of the molecule is CC[C@@H]1O[C@@H](O[C@@H]2[C@H](C)C(OC(=O)CCC(C)=O)[C@H](OC(=N)C(Cl)(Cl)Cl)O[C@H]2C(C)=O)C(N=[N+]=[N-])[C@@H](C)[C@H]1C. The number of rotatable bonds is 10. The van der Waals surface area contributed by atoms with Crippen LogP contribution in [0.4, 0.5) is 0 Å². The van der Waals surface area contributed by atoms with Crippen molar-refractivity contribution in [2.24, 2.45) is 22.9 Å². The molecule has 10 atom stereocenters. The van der Waals surface area contributed by atoms with Crippen LogP contribution >= 0.6 is 34.8 Å². The minimum atomic E-state index is -2.25. The molecule has 2 rings (SSSR count). The van der Waals surface area contributed by atoms with Crippen LogP contribution in [0.3, 0.4) is 0 Å². The molecule has 220 valence electrons. The first-order valence-electron chi connectivity index (χ1n) is 12.6. The van der Waals surface area contributed by atoms with Crippen LogP contribution in [0.15, 0.2) is 5.11 Å². The monoisotopic (exact) mass is 612 g/mol. The summed E-state index contributed by atoms with van der Waals surface area (Å²) in [4.78, 5) is 39.6. The Bertz CT molecular complexity index is 974. The fourth-order valence-electron chi connectivity index (χ4n) is 4.69. The number of halogens is 3. The van der Waals surface area contributed by atoms with E-state index < -0.39 is 64.3 Å². The smallest absolute Gasteiger partial charge is 0.306 e. The van der Waals surface area contributed by atoms with Gasteiger partial charge in [0.25, 0.3) is 3.79 Å². The quantitative estimate of drug-likeness (QED) is 0.0678. The van der Waals surface area contributed by atoms with E-state index >= 15 is 0 Å². The van der Waals surface area contributed by atoms with Gasteiger partial charge >= 0.3 is 5.97 Å². The molecule has 2 saturated heterocycles. The zero-order chi connectivity index (χ0) is 29.7. The predicted octanol–water partition coefficient (Wildman–Crippen LogP) is 5.05. The molecule has 0 spiro atoms. The molecule has 2 fully saturated rings. The lowest BCUT2D eigenvalue weighted by atomic mass is 9.81. The lowest BCUT2D eigenvalue weighted by Crippen LogP contribution is -2.61. The maximum Gasteiger partial charge on any atom is 0.306 e. The van der Waals surface area contributed by atoms with Gasteiger partial charge in [0.2, 0.25) is 12.2 Å². The molecule has 0 aliphatic carbocycles.